The molecule has 11 rings (SSSR count). The van der Waals surface area contributed by atoms with Crippen LogP contribution in [0.2, 0.25) is 0 Å². The monoisotopic (exact) mass is 1030 g/mol. The number of carbonyl (C=O) groups excluding carboxylic acids is 2. The largest absolute Gasteiger partial charge is 0.404 e. The van der Waals surface area contributed by atoms with Gasteiger partial charge in [0.1, 0.15) is 29.3 Å². The van der Waals surface area contributed by atoms with Crippen molar-refractivity contribution in [2.45, 2.75) is 136 Å². The Morgan fingerprint density at radius 3 is 1.94 bits per heavy atom. The van der Waals surface area contributed by atoms with Crippen molar-refractivity contribution < 1.29 is 27.2 Å². The Morgan fingerprint density at radius 2 is 1.39 bits per heavy atom. The van der Waals surface area contributed by atoms with Gasteiger partial charge in [-0.2, -0.15) is 5.10 Å². The molecule has 0 spiro atoms. The summed E-state index contributed by atoms with van der Waals surface area (Å²) in [7, 11) is 3.39. The van der Waals surface area contributed by atoms with Gasteiger partial charge in [-0.15, -0.1) is 0 Å². The number of benzene rings is 2. The number of nitrogens with zero attached hydrogens (tertiary/aromatic N) is 10. The zero-order valence-corrected chi connectivity index (χ0v) is 41.3. The van der Waals surface area contributed by atoms with E-state index < -0.39 is 12.9 Å². The summed E-state index contributed by atoms with van der Waals surface area (Å²) in [6.07, 6.45) is 11.5. The lowest BCUT2D eigenvalue weighted by Crippen LogP contribution is -2.39. The topological polar surface area (TPSA) is 136 Å². The van der Waals surface area contributed by atoms with Gasteiger partial charge in [-0.05, 0) is 140 Å². The highest BCUT2D eigenvalue weighted by molar-refractivity contribution is 9.10. The van der Waals surface area contributed by atoms with Crippen molar-refractivity contribution in [3.63, 3.8) is 0 Å². The number of likely N-dealkylation sites (N-methyl/N-ethyl adjacent to an activating group) is 2. The Morgan fingerprint density at radius 1 is 0.800 bits per heavy atom. The van der Waals surface area contributed by atoms with Gasteiger partial charge in [0, 0.05) is 92.1 Å². The average molecular weight is 1030 g/mol. The van der Waals surface area contributed by atoms with Crippen LogP contribution in [0.25, 0.3) is 16.7 Å². The SMILES string of the molecule is C.CCN1Cc2c(Br)nc(C3CC3)n2CC1=O.CCN1Cc2c(N3CCCc4cc(-c5cnn(C)c5)c(C(F)F)cc43)nc(C3CC3)n2CC1=O.CN=CC(=CN)c1cc2c(cc1C(F)F)CCCC2. The van der Waals surface area contributed by atoms with Crippen LogP contribution in [0.3, 0.4) is 0 Å². The molecule has 0 atom stereocenters. The minimum atomic E-state index is -2.60. The van der Waals surface area contributed by atoms with Crippen LogP contribution in [-0.2, 0) is 62.1 Å². The fourth-order valence-corrected chi connectivity index (χ4v) is 10.7. The standard InChI is InChI=1S/C25H28F2N6O.C15H18F2N2.C11H14BrN3O.CH4/c1-3-31-13-21-25(29-24(15-6-7-15)33(21)14-22(31)34)32-8-4-5-16-9-18(17-11-28-30(2)12-17)19(23(26)27)10-20(16)32;1-19-9-12(8-18)13-6-10-4-2-3-5-11(10)7-14(13)15(16)17;1-2-14-5-8-10(12)13-11(7-3-4-7)15(8)6-9(14)16;/h9-12,15,23H,3-8,13-14H2,1-2H3;6-9,15H,2-5,18H2,1H3;7H,2-6H2,1H3;1H4. The highest BCUT2D eigenvalue weighted by atomic mass is 79.9. The lowest BCUT2D eigenvalue weighted by molar-refractivity contribution is -0.134. The van der Waals surface area contributed by atoms with Crippen LogP contribution in [0.4, 0.5) is 29.1 Å². The molecule has 3 aliphatic heterocycles. The first-order chi connectivity index (χ1) is 33.3. The van der Waals surface area contributed by atoms with E-state index in [4.69, 9.17) is 10.7 Å². The Hall–Kier alpha value is -5.78. The van der Waals surface area contributed by atoms with Crippen LogP contribution in [0.5, 0.6) is 0 Å². The average Bonchev–Trinajstić information content (AvgIpc) is 4.28. The minimum Gasteiger partial charge on any atom is -0.404 e. The van der Waals surface area contributed by atoms with Crippen LogP contribution in [0.1, 0.15) is 147 Å². The van der Waals surface area contributed by atoms with E-state index in [-0.39, 0.29) is 30.4 Å². The number of hydrogen-bond acceptors (Lipinski definition) is 8. The molecule has 0 radical (unpaired) electrons. The van der Waals surface area contributed by atoms with E-state index in [0.717, 1.165) is 120 Å². The van der Waals surface area contributed by atoms with Gasteiger partial charge in [0.25, 0.3) is 12.9 Å². The second-order valence-corrected chi connectivity index (χ2v) is 19.5. The number of anilines is 2. The van der Waals surface area contributed by atoms with E-state index in [9.17, 15) is 27.2 Å². The Bertz CT molecular complexity index is 2800. The van der Waals surface area contributed by atoms with Crippen LogP contribution in [0.15, 0.2) is 52.5 Å². The van der Waals surface area contributed by atoms with Crippen molar-refractivity contribution in [2.24, 2.45) is 17.8 Å². The fourth-order valence-electron chi connectivity index (χ4n) is 10.2. The zero-order valence-electron chi connectivity index (χ0n) is 39.7. The lowest BCUT2D eigenvalue weighted by atomic mass is 9.86. The minimum absolute atomic E-state index is 0. The smallest absolute Gasteiger partial charge is 0.264 e. The molecule has 2 N–H and O–H groups in total. The summed E-state index contributed by atoms with van der Waals surface area (Å²) in [5, 5.41) is 4.18. The molecule has 3 aromatic heterocycles. The maximum absolute atomic E-state index is 14.2. The van der Waals surface area contributed by atoms with Crippen molar-refractivity contribution in [1.82, 2.24) is 38.7 Å². The molecule has 70 heavy (non-hydrogen) atoms. The van der Waals surface area contributed by atoms with Gasteiger partial charge in [0.05, 0.1) is 30.7 Å². The first-order valence-electron chi connectivity index (χ1n) is 24.2. The number of allylic oxidation sites excluding steroid dienone is 1. The molecule has 0 saturated heterocycles. The highest BCUT2D eigenvalue weighted by Gasteiger charge is 2.38. The molecule has 2 fully saturated rings. The summed E-state index contributed by atoms with van der Waals surface area (Å²) in [6, 6.07) is 7.06. The van der Waals surface area contributed by atoms with Gasteiger partial charge in [0.2, 0.25) is 11.8 Å². The number of rotatable bonds is 10. The Labute approximate surface area is 416 Å². The predicted molar refractivity (Wildman–Crippen MR) is 269 cm³/mol. The van der Waals surface area contributed by atoms with Gasteiger partial charge >= 0.3 is 0 Å². The summed E-state index contributed by atoms with van der Waals surface area (Å²) in [4.78, 5) is 43.8. The van der Waals surface area contributed by atoms with E-state index >= 15 is 0 Å². The number of halogens is 5. The van der Waals surface area contributed by atoms with Crippen LogP contribution in [0, 0.1) is 0 Å². The molecule has 374 valence electrons. The van der Waals surface area contributed by atoms with E-state index in [1.54, 1.807) is 43.3 Å². The molecule has 18 heteroatoms. The van der Waals surface area contributed by atoms with E-state index in [1.165, 1.54) is 25.3 Å². The number of imidazole rings is 2. The van der Waals surface area contributed by atoms with Gasteiger partial charge in [0.15, 0.2) is 5.82 Å². The number of aliphatic imine (C=N–C) groups is 1. The Balaban J connectivity index is 0.000000155. The second-order valence-electron chi connectivity index (χ2n) is 18.7. The lowest BCUT2D eigenvalue weighted by Gasteiger charge is -2.34. The number of fused-ring (bicyclic) bond motifs is 4. The van der Waals surface area contributed by atoms with Gasteiger partial charge in [-0.1, -0.05) is 13.5 Å². The molecule has 3 aliphatic carbocycles. The van der Waals surface area contributed by atoms with E-state index in [0.29, 0.717) is 66.8 Å². The third-order valence-corrected chi connectivity index (χ3v) is 14.8. The molecule has 5 aromatic rings. The first-order valence-corrected chi connectivity index (χ1v) is 25.0. The van der Waals surface area contributed by atoms with Gasteiger partial charge in [-0.25, -0.2) is 27.5 Å². The van der Waals surface area contributed by atoms with Crippen LogP contribution >= 0.6 is 15.9 Å². The predicted octanol–water partition coefficient (Wildman–Crippen LogP) is 10.6. The molecule has 0 unspecified atom stereocenters. The fraction of sp³-hybridized carbons (Fsp3) is 0.500. The van der Waals surface area contributed by atoms with Crippen molar-refractivity contribution in [3.8, 4) is 11.1 Å². The van der Waals surface area contributed by atoms with Crippen molar-refractivity contribution in [1.29, 1.82) is 0 Å². The van der Waals surface area contributed by atoms with E-state index in [1.807, 2.05) is 35.8 Å². The third-order valence-electron chi connectivity index (χ3n) is 14.1. The maximum Gasteiger partial charge on any atom is 0.264 e. The second kappa shape index (κ2) is 21.3. The van der Waals surface area contributed by atoms with Crippen LogP contribution in [-0.4, -0.2) is 83.4 Å². The number of alkyl halides is 4. The Kier molecular flexibility index (Phi) is 15.4. The molecule has 13 nitrogen and oxygen atoms in total. The summed E-state index contributed by atoms with van der Waals surface area (Å²) >= 11 is 3.51. The van der Waals surface area contributed by atoms with E-state index in [2.05, 4.69) is 45.0 Å². The van der Waals surface area contributed by atoms with Crippen molar-refractivity contribution in [2.75, 3.05) is 31.6 Å². The zero-order chi connectivity index (χ0) is 48.7. The molecular weight excluding hydrogens is 967 g/mol. The molecule has 6 aliphatic rings. The summed E-state index contributed by atoms with van der Waals surface area (Å²) in [5.74, 6) is 4.20. The number of aryl methyl sites for hydroxylation is 4. The number of nitrogens with two attached hydrogens (primary N) is 1. The van der Waals surface area contributed by atoms with Crippen molar-refractivity contribution >= 4 is 51.0 Å². The van der Waals surface area contributed by atoms with Crippen molar-refractivity contribution in [3.05, 3.63) is 104 Å². The maximum atomic E-state index is 14.2. The molecule has 2 aromatic carbocycles. The number of aromatic nitrogens is 6. The molecular formula is C52H64BrF4N11O2. The normalized spacial score (nSPS) is 17.7. The van der Waals surface area contributed by atoms with Gasteiger partial charge < -0.3 is 29.6 Å². The number of hydrogen-bond donors (Lipinski definition) is 1. The highest BCUT2D eigenvalue weighted by Crippen LogP contribution is 2.47. The van der Waals surface area contributed by atoms with Crippen LogP contribution < -0.4 is 10.6 Å². The number of amides is 2. The summed E-state index contributed by atoms with van der Waals surface area (Å²) in [6.45, 7) is 8.10. The molecule has 2 saturated carbocycles. The number of carbonyl (C=O) groups is 2. The summed E-state index contributed by atoms with van der Waals surface area (Å²) in [5.41, 5.74) is 14.1. The quantitative estimate of drug-likeness (QED) is 0.109. The first kappa shape index (κ1) is 50.6. The molecule has 6 heterocycles. The summed E-state index contributed by atoms with van der Waals surface area (Å²) < 4.78 is 61.7. The third kappa shape index (κ3) is 10.2. The molecule has 0 bridgehead atoms. The van der Waals surface area contributed by atoms with Gasteiger partial charge in [-0.3, -0.25) is 19.3 Å². The molecule has 2 amide bonds.